The van der Waals surface area contributed by atoms with Crippen LogP contribution in [0.3, 0.4) is 0 Å². The molecule has 3 heterocycles. The number of aromatic nitrogens is 1. The third kappa shape index (κ3) is 7.95. The van der Waals surface area contributed by atoms with E-state index in [1.54, 1.807) is 5.38 Å². The number of halogens is 1. The fourth-order valence-electron chi connectivity index (χ4n) is 7.58. The van der Waals surface area contributed by atoms with Crippen molar-refractivity contribution in [3.63, 3.8) is 0 Å². The molecule has 0 bridgehead atoms. The third-order valence-electron chi connectivity index (χ3n) is 10.3. The maximum atomic E-state index is 14.1. The minimum Gasteiger partial charge on any atom is -0.614 e. The van der Waals surface area contributed by atoms with Gasteiger partial charge in [0.05, 0.1) is 0 Å². The number of nitrogens with zero attached hydrogens (tertiary/aromatic N) is 3. The summed E-state index contributed by atoms with van der Waals surface area (Å²) in [6, 6.07) is 47.5. The summed E-state index contributed by atoms with van der Waals surface area (Å²) in [4.78, 5) is 53.4. The van der Waals surface area contributed by atoms with E-state index in [-0.39, 0.29) is 22.9 Å². The summed E-state index contributed by atoms with van der Waals surface area (Å²) >= 11 is 1.72. The van der Waals surface area contributed by atoms with Gasteiger partial charge in [-0.05, 0) is 39.0 Å². The summed E-state index contributed by atoms with van der Waals surface area (Å²) in [6.07, 6.45) is -0.760. The van der Waals surface area contributed by atoms with E-state index in [0.717, 1.165) is 27.8 Å². The molecule has 0 aliphatic carbocycles. The number of carbonyl (C=O) groups excluding carboxylic acids is 3. The van der Waals surface area contributed by atoms with Crippen LogP contribution in [0.1, 0.15) is 39.6 Å². The predicted molar refractivity (Wildman–Crippen MR) is 241 cm³/mol. The van der Waals surface area contributed by atoms with Gasteiger partial charge in [-0.3, -0.25) is 14.5 Å². The van der Waals surface area contributed by atoms with Crippen molar-refractivity contribution in [2.45, 2.75) is 23.1 Å². The molecule has 5 aromatic carbocycles. The van der Waals surface area contributed by atoms with Crippen LogP contribution in [0.4, 0.5) is 5.13 Å². The lowest BCUT2D eigenvalue weighted by Crippen LogP contribution is -2.75. The quantitative estimate of drug-likeness (QED) is 0.0169. The van der Waals surface area contributed by atoms with Gasteiger partial charge in [0.25, 0.3) is 11.8 Å². The highest BCUT2D eigenvalue weighted by atomic mass is 127. The van der Waals surface area contributed by atoms with Crippen molar-refractivity contribution in [3.8, 4) is 0 Å². The van der Waals surface area contributed by atoms with Crippen molar-refractivity contribution in [2.24, 2.45) is 5.16 Å². The number of carbonyl (C=O) groups is 3. The second kappa shape index (κ2) is 18.2. The smallest absolute Gasteiger partial charge is 0.356 e. The van der Waals surface area contributed by atoms with E-state index in [1.807, 2.05) is 115 Å². The molecule has 1 fully saturated rings. The second-order valence-electron chi connectivity index (χ2n) is 13.9. The molecule has 2 unspecified atom stereocenters. The number of thiazole rings is 1. The summed E-state index contributed by atoms with van der Waals surface area (Å²) in [5, 5.41) is 11.6. The largest absolute Gasteiger partial charge is 0.614 e. The number of ether oxygens (including phenoxy) is 1. The summed E-state index contributed by atoms with van der Waals surface area (Å²) in [5.41, 5.74) is 4.11. The van der Waals surface area contributed by atoms with Crippen LogP contribution in [0.15, 0.2) is 173 Å². The summed E-state index contributed by atoms with van der Waals surface area (Å²) in [5.74, 6) is -2.05. The highest BCUT2D eigenvalue weighted by molar-refractivity contribution is 14.1. The molecule has 11 nitrogen and oxygen atoms in total. The number of β-lactam (4-membered cyclic amide) rings is 1. The van der Waals surface area contributed by atoms with Crippen LogP contribution in [0.5, 0.6) is 0 Å². The maximum Gasteiger partial charge on any atom is 0.356 e. The maximum absolute atomic E-state index is 14.1. The molecule has 6 aromatic rings. The molecule has 60 heavy (non-hydrogen) atoms. The fourth-order valence-corrected chi connectivity index (χ4v) is 11.0. The van der Waals surface area contributed by atoms with E-state index >= 15 is 0 Å². The first kappa shape index (κ1) is 40.9. The molecule has 302 valence electrons. The van der Waals surface area contributed by atoms with Gasteiger partial charge in [0.2, 0.25) is 5.37 Å². The van der Waals surface area contributed by atoms with Crippen LogP contribution in [0.25, 0.3) is 0 Å². The molecular weight excluding hydrogens is 910 g/mol. The average molecular weight is 948 g/mol. The Kier molecular flexibility index (Phi) is 12.4. The van der Waals surface area contributed by atoms with E-state index in [4.69, 9.17) is 14.6 Å². The van der Waals surface area contributed by atoms with E-state index in [2.05, 4.69) is 74.8 Å². The van der Waals surface area contributed by atoms with Gasteiger partial charge < -0.3 is 24.8 Å². The minimum atomic E-state index is -1.65. The zero-order chi connectivity index (χ0) is 41.6. The second-order valence-corrected chi connectivity index (χ2v) is 17.1. The molecule has 3 atom stereocenters. The molecule has 1 aromatic heterocycles. The Morgan fingerprint density at radius 2 is 1.37 bits per heavy atom. The lowest BCUT2D eigenvalue weighted by molar-refractivity contribution is -0.154. The van der Waals surface area contributed by atoms with Crippen molar-refractivity contribution < 1.29 is 28.5 Å². The van der Waals surface area contributed by atoms with E-state index < -0.39 is 52.0 Å². The number of rotatable bonds is 14. The van der Waals surface area contributed by atoms with Gasteiger partial charge in [0.15, 0.2) is 23.0 Å². The molecule has 8 rings (SSSR count). The van der Waals surface area contributed by atoms with Crippen LogP contribution in [0.2, 0.25) is 0 Å². The van der Waals surface area contributed by atoms with Gasteiger partial charge in [-0.2, -0.15) is 0 Å². The minimum absolute atomic E-state index is 0.0294. The normalized spacial score (nSPS) is 17.7. The average Bonchev–Trinajstić information content (AvgIpc) is 3.77. The van der Waals surface area contributed by atoms with Gasteiger partial charge in [0, 0.05) is 15.4 Å². The Labute approximate surface area is 367 Å². The van der Waals surface area contributed by atoms with Crippen LogP contribution >= 0.6 is 33.9 Å². The predicted octanol–water partition coefficient (Wildman–Crippen LogP) is 7.33. The summed E-state index contributed by atoms with van der Waals surface area (Å²) in [7, 11) is 1.31. The van der Waals surface area contributed by atoms with Crippen molar-refractivity contribution in [1.29, 1.82) is 0 Å². The SMILES string of the molecule is CO/N=C(\C(=O)NC1C(=O)N2C(C(=O)OC(c3ccccc3)c3ccccc3)=C(CI)C[S+]([O-])[C@H]12)c1csc(NC(c2ccccc2)(c2ccccc2)c2ccccc2)n1. The molecule has 2 N–H and O–H groups in total. The Bertz CT molecular complexity index is 2390. The number of fused-ring (bicyclic) bond motifs is 1. The molecular formula is C46H38IN5O6S2. The summed E-state index contributed by atoms with van der Waals surface area (Å²) < 4.78 is 20.3. The molecule has 14 heteroatoms. The molecule has 0 radical (unpaired) electrons. The molecule has 0 spiro atoms. The lowest BCUT2D eigenvalue weighted by atomic mass is 9.77. The molecule has 0 saturated carbocycles. The highest BCUT2D eigenvalue weighted by Crippen LogP contribution is 2.42. The fraction of sp³-hybridized carbons (Fsp3) is 0.152. The monoisotopic (exact) mass is 947 g/mol. The topological polar surface area (TPSA) is 145 Å². The summed E-state index contributed by atoms with van der Waals surface area (Å²) in [6.45, 7) is 0. The van der Waals surface area contributed by atoms with Gasteiger partial charge in [-0.1, -0.05) is 179 Å². The Morgan fingerprint density at radius 1 is 0.867 bits per heavy atom. The highest BCUT2D eigenvalue weighted by Gasteiger charge is 2.61. The first-order valence-electron chi connectivity index (χ1n) is 19.0. The van der Waals surface area contributed by atoms with Crippen molar-refractivity contribution in [3.05, 3.63) is 202 Å². The van der Waals surface area contributed by atoms with E-state index in [9.17, 15) is 18.9 Å². The van der Waals surface area contributed by atoms with Gasteiger partial charge in [-0.25, -0.2) is 9.78 Å². The molecule has 2 aliphatic heterocycles. The zero-order valence-electron chi connectivity index (χ0n) is 32.1. The number of benzene rings is 5. The van der Waals surface area contributed by atoms with E-state index in [0.29, 0.717) is 15.1 Å². The zero-order valence-corrected chi connectivity index (χ0v) is 35.9. The van der Waals surface area contributed by atoms with Crippen LogP contribution in [-0.4, -0.2) is 66.6 Å². The number of alkyl halides is 1. The number of hydrogen-bond donors (Lipinski definition) is 2. The van der Waals surface area contributed by atoms with E-state index in [1.165, 1.54) is 23.3 Å². The first-order valence-corrected chi connectivity index (χ1v) is 22.7. The van der Waals surface area contributed by atoms with Crippen LogP contribution in [-0.2, 0) is 40.7 Å². The van der Waals surface area contributed by atoms with Crippen LogP contribution in [0, 0.1) is 0 Å². The number of hydrogen-bond acceptors (Lipinski definition) is 10. The van der Waals surface area contributed by atoms with Crippen LogP contribution < -0.4 is 10.6 Å². The van der Waals surface area contributed by atoms with Crippen molar-refractivity contribution in [2.75, 3.05) is 22.6 Å². The number of esters is 1. The molecule has 2 amide bonds. The van der Waals surface area contributed by atoms with Crippen molar-refractivity contribution in [1.82, 2.24) is 15.2 Å². The van der Waals surface area contributed by atoms with Gasteiger partial charge >= 0.3 is 5.97 Å². The molecule has 1 saturated heterocycles. The molecule has 2 aliphatic rings. The number of nitrogens with one attached hydrogen (secondary N) is 2. The Hall–Kier alpha value is -5.81. The number of oxime groups is 1. The first-order chi connectivity index (χ1) is 29.3. The number of amides is 2. The van der Waals surface area contributed by atoms with Gasteiger partial charge in [-0.15, -0.1) is 11.3 Å². The number of anilines is 1. The standard InChI is InChI=1S/C46H38IN5O6S2/c1-57-51-37(36-28-59-45(48-36)50-46(33-21-11-4-12-22-33,34-23-13-5-14-24-34)35-25-15-6-16-26-35)41(53)49-38-42(54)52-39(32(27-47)29-60(56)43(38)52)44(55)58-40(30-17-7-2-8-18-30)31-19-9-3-10-20-31/h2-26,28,38,40,43H,27,29H2,1H3,(H,48,50)(H,49,53)/b51-37-/t38?,43-,60?/m1/s1. The third-order valence-corrected chi connectivity index (χ3v) is 13.7. The lowest BCUT2D eigenvalue weighted by Gasteiger charge is -2.49. The Balaban J connectivity index is 1.05. The van der Waals surface area contributed by atoms with Crippen molar-refractivity contribution >= 4 is 73.7 Å². The Morgan fingerprint density at radius 3 is 1.85 bits per heavy atom. The van der Waals surface area contributed by atoms with Gasteiger partial charge in [0.1, 0.15) is 29.8 Å².